The summed E-state index contributed by atoms with van der Waals surface area (Å²) in [6.45, 7) is 1.92. The highest BCUT2D eigenvalue weighted by Crippen LogP contribution is 2.27. The molecular weight excluding hydrogens is 297 g/mol. The number of aromatic nitrogens is 1. The summed E-state index contributed by atoms with van der Waals surface area (Å²) in [7, 11) is 0. The van der Waals surface area contributed by atoms with E-state index in [9.17, 15) is 9.18 Å². The largest absolute Gasteiger partial charge is 0.293 e. The summed E-state index contributed by atoms with van der Waals surface area (Å²) in [5.74, 6) is -0.682. The van der Waals surface area contributed by atoms with Gasteiger partial charge in [0.15, 0.2) is 5.78 Å². The number of rotatable bonds is 3. The summed E-state index contributed by atoms with van der Waals surface area (Å²) >= 11 is 3.30. The molecule has 0 amide bonds. The molecule has 0 aliphatic heterocycles. The maximum Gasteiger partial charge on any atom is 0.213 e. The molecule has 1 heterocycles. The number of carbonyl (C=O) groups excluding carboxylic acids is 1. The zero-order valence-corrected chi connectivity index (χ0v) is 11.3. The third-order valence-electron chi connectivity index (χ3n) is 2.58. The highest BCUT2D eigenvalue weighted by Gasteiger charge is 2.19. The van der Waals surface area contributed by atoms with Gasteiger partial charge in [0.05, 0.1) is 0 Å². The van der Waals surface area contributed by atoms with Crippen LogP contribution in [0.5, 0.6) is 0 Å². The van der Waals surface area contributed by atoms with Crippen molar-refractivity contribution >= 4 is 21.7 Å². The average Bonchev–Trinajstić information content (AvgIpc) is 2.37. The fourth-order valence-electron chi connectivity index (χ4n) is 1.67. The summed E-state index contributed by atoms with van der Waals surface area (Å²) in [5, 5.41) is 0. The SMILES string of the molecule is Cc1cccc(C(=O)[C@@H](Br)c2ccnc(F)c2)c1. The zero-order chi connectivity index (χ0) is 13.1. The average molecular weight is 308 g/mol. The molecule has 2 nitrogen and oxygen atoms in total. The molecule has 0 radical (unpaired) electrons. The van der Waals surface area contributed by atoms with Crippen LogP contribution in [0.25, 0.3) is 0 Å². The van der Waals surface area contributed by atoms with E-state index in [1.165, 1.54) is 12.3 Å². The van der Waals surface area contributed by atoms with Crippen molar-refractivity contribution in [2.24, 2.45) is 0 Å². The van der Waals surface area contributed by atoms with Crippen molar-refractivity contribution in [3.8, 4) is 0 Å². The van der Waals surface area contributed by atoms with Crippen LogP contribution in [0.1, 0.15) is 26.3 Å². The van der Waals surface area contributed by atoms with Crippen molar-refractivity contribution in [1.82, 2.24) is 4.98 Å². The summed E-state index contributed by atoms with van der Waals surface area (Å²) in [4.78, 5) is 15.1. The number of benzene rings is 1. The van der Waals surface area contributed by atoms with Gasteiger partial charge in [0.1, 0.15) is 4.83 Å². The normalized spacial score (nSPS) is 12.2. The fourth-order valence-corrected chi connectivity index (χ4v) is 2.22. The van der Waals surface area contributed by atoms with Gasteiger partial charge in [-0.1, -0.05) is 39.7 Å². The van der Waals surface area contributed by atoms with Gasteiger partial charge in [0, 0.05) is 11.8 Å². The summed E-state index contributed by atoms with van der Waals surface area (Å²) < 4.78 is 13.0. The quantitative estimate of drug-likeness (QED) is 0.490. The van der Waals surface area contributed by atoms with Crippen molar-refractivity contribution in [3.63, 3.8) is 0 Å². The molecule has 2 rings (SSSR count). The van der Waals surface area contributed by atoms with Gasteiger partial charge in [0.25, 0.3) is 0 Å². The van der Waals surface area contributed by atoms with Crippen LogP contribution in [0.4, 0.5) is 4.39 Å². The molecule has 0 fully saturated rings. The first-order valence-electron chi connectivity index (χ1n) is 5.44. The predicted octanol–water partition coefficient (Wildman–Crippen LogP) is 3.85. The van der Waals surface area contributed by atoms with E-state index in [1.54, 1.807) is 12.1 Å². The number of pyridine rings is 1. The predicted molar refractivity (Wildman–Crippen MR) is 71.4 cm³/mol. The minimum atomic E-state index is -0.589. The Kier molecular flexibility index (Phi) is 3.87. The molecule has 2 aromatic rings. The maximum absolute atomic E-state index is 13.0. The number of hydrogen-bond donors (Lipinski definition) is 0. The van der Waals surface area contributed by atoms with E-state index in [-0.39, 0.29) is 5.78 Å². The lowest BCUT2D eigenvalue weighted by molar-refractivity contribution is 0.0991. The molecule has 0 N–H and O–H groups in total. The zero-order valence-electron chi connectivity index (χ0n) is 9.73. The Labute approximate surface area is 113 Å². The lowest BCUT2D eigenvalue weighted by Gasteiger charge is -2.09. The molecular formula is C14H11BrFNO. The molecule has 0 spiro atoms. The lowest BCUT2D eigenvalue weighted by atomic mass is 10.0. The Hall–Kier alpha value is -1.55. The molecule has 92 valence electrons. The Morgan fingerprint density at radius 2 is 2.11 bits per heavy atom. The number of hydrogen-bond acceptors (Lipinski definition) is 2. The Morgan fingerprint density at radius 3 is 2.78 bits per heavy atom. The molecule has 18 heavy (non-hydrogen) atoms. The van der Waals surface area contributed by atoms with E-state index in [0.29, 0.717) is 11.1 Å². The van der Waals surface area contributed by atoms with Crippen molar-refractivity contribution in [2.45, 2.75) is 11.8 Å². The van der Waals surface area contributed by atoms with Crippen molar-refractivity contribution in [3.05, 3.63) is 65.2 Å². The van der Waals surface area contributed by atoms with E-state index < -0.39 is 10.8 Å². The second-order valence-electron chi connectivity index (χ2n) is 4.01. The molecule has 1 atom stereocenters. The first-order valence-corrected chi connectivity index (χ1v) is 6.36. The molecule has 0 saturated heterocycles. The standard InChI is InChI=1S/C14H11BrFNO/c1-9-3-2-4-11(7-9)14(18)13(15)10-5-6-17-12(16)8-10/h2-8,13H,1H3/t13-/m0/s1. The molecule has 0 aliphatic rings. The number of halogens is 2. The summed E-state index contributed by atoms with van der Waals surface area (Å²) in [5.41, 5.74) is 2.18. The number of nitrogens with zero attached hydrogens (tertiary/aromatic N) is 1. The van der Waals surface area contributed by atoms with Gasteiger partial charge in [-0.15, -0.1) is 0 Å². The van der Waals surface area contributed by atoms with Gasteiger partial charge in [-0.2, -0.15) is 4.39 Å². The number of carbonyl (C=O) groups is 1. The monoisotopic (exact) mass is 307 g/mol. The molecule has 0 bridgehead atoms. The molecule has 0 aliphatic carbocycles. The molecule has 4 heteroatoms. The van der Waals surface area contributed by atoms with Crippen molar-refractivity contribution in [1.29, 1.82) is 0 Å². The highest BCUT2D eigenvalue weighted by molar-refractivity contribution is 9.09. The fraction of sp³-hybridized carbons (Fsp3) is 0.143. The summed E-state index contributed by atoms with van der Waals surface area (Å²) in [6, 6.07) is 10.2. The second kappa shape index (κ2) is 5.40. The van der Waals surface area contributed by atoms with Gasteiger partial charge in [0.2, 0.25) is 5.95 Å². The Bertz CT molecular complexity index is 586. The smallest absolute Gasteiger partial charge is 0.213 e. The number of Topliss-reactive ketones (excluding diaryl/α,β-unsaturated/α-hetero) is 1. The van der Waals surface area contributed by atoms with Gasteiger partial charge >= 0.3 is 0 Å². The Morgan fingerprint density at radius 1 is 1.33 bits per heavy atom. The van der Waals surface area contributed by atoms with E-state index >= 15 is 0 Å². The van der Waals surface area contributed by atoms with Crippen molar-refractivity contribution < 1.29 is 9.18 Å². The van der Waals surface area contributed by atoms with Crippen LogP contribution < -0.4 is 0 Å². The van der Waals surface area contributed by atoms with Crippen LogP contribution in [0.2, 0.25) is 0 Å². The third kappa shape index (κ3) is 2.82. The van der Waals surface area contributed by atoms with E-state index in [0.717, 1.165) is 5.56 Å². The summed E-state index contributed by atoms with van der Waals surface area (Å²) in [6.07, 6.45) is 1.35. The van der Waals surface area contributed by atoms with Crippen LogP contribution in [0, 0.1) is 12.9 Å². The third-order valence-corrected chi connectivity index (χ3v) is 3.52. The topological polar surface area (TPSA) is 30.0 Å². The second-order valence-corrected chi connectivity index (χ2v) is 4.92. The van der Waals surface area contributed by atoms with Crippen molar-refractivity contribution in [2.75, 3.05) is 0 Å². The van der Waals surface area contributed by atoms with Crippen LogP contribution in [0.3, 0.4) is 0 Å². The van der Waals surface area contributed by atoms with Gasteiger partial charge in [-0.25, -0.2) is 4.98 Å². The first-order chi connectivity index (χ1) is 8.58. The van der Waals surface area contributed by atoms with Gasteiger partial charge in [-0.05, 0) is 30.7 Å². The van der Waals surface area contributed by atoms with Crippen LogP contribution in [0.15, 0.2) is 42.6 Å². The van der Waals surface area contributed by atoms with Gasteiger partial charge < -0.3 is 0 Å². The molecule has 0 saturated carbocycles. The van der Waals surface area contributed by atoms with E-state index in [1.807, 2.05) is 25.1 Å². The lowest BCUT2D eigenvalue weighted by Crippen LogP contribution is -2.07. The maximum atomic E-state index is 13.0. The van der Waals surface area contributed by atoms with Gasteiger partial charge in [-0.3, -0.25) is 4.79 Å². The number of aryl methyl sites for hydroxylation is 1. The Balaban J connectivity index is 2.29. The molecule has 1 aromatic heterocycles. The van der Waals surface area contributed by atoms with Crippen LogP contribution in [-0.2, 0) is 0 Å². The minimum absolute atomic E-state index is 0.0932. The molecule has 0 unspecified atom stereocenters. The first kappa shape index (κ1) is 12.9. The number of ketones is 1. The minimum Gasteiger partial charge on any atom is -0.293 e. The molecule has 1 aromatic carbocycles. The van der Waals surface area contributed by atoms with Crippen LogP contribution in [-0.4, -0.2) is 10.8 Å². The van der Waals surface area contributed by atoms with E-state index in [2.05, 4.69) is 20.9 Å². The van der Waals surface area contributed by atoms with E-state index in [4.69, 9.17) is 0 Å². The highest BCUT2D eigenvalue weighted by atomic mass is 79.9. The van der Waals surface area contributed by atoms with Crippen LogP contribution >= 0.6 is 15.9 Å². The number of alkyl halides is 1.